The van der Waals surface area contributed by atoms with Crippen LogP contribution in [0.25, 0.3) is 0 Å². The van der Waals surface area contributed by atoms with Crippen LogP contribution in [0.5, 0.6) is 0 Å². The second-order valence-corrected chi connectivity index (χ2v) is 42.5. The quantitative estimate of drug-likeness (QED) is 0.492. The van der Waals surface area contributed by atoms with Crippen molar-refractivity contribution in [3.63, 3.8) is 0 Å². The molecule has 0 spiro atoms. The van der Waals surface area contributed by atoms with E-state index in [0.29, 0.717) is 11.1 Å². The molecule has 0 aliphatic carbocycles. The standard InChI is InChI=1S/2C4H9N.7CH3.Al.2Sn/c2*1-4(2,3)5;;;;;;;;;;/h2*1-3H3;7*1H3;;;. The van der Waals surface area contributed by atoms with Crippen LogP contribution >= 0.6 is 0 Å². The summed E-state index contributed by atoms with van der Waals surface area (Å²) in [6, 6.07) is 0. The third kappa shape index (κ3) is 5.60. The Morgan fingerprint density at radius 3 is 1.20 bits per heavy atom. The molecule has 0 saturated heterocycles. The molecule has 0 aliphatic rings. The summed E-state index contributed by atoms with van der Waals surface area (Å²) in [7, 11) is 0. The fourth-order valence-electron chi connectivity index (χ4n) is 4.98. The van der Waals surface area contributed by atoms with Crippen LogP contribution in [0, 0.1) is 0 Å². The molecule has 0 aromatic carbocycles. The van der Waals surface area contributed by atoms with Gasteiger partial charge in [0.2, 0.25) is 0 Å². The molecule has 0 bridgehead atoms. The van der Waals surface area contributed by atoms with Crippen molar-refractivity contribution in [3.8, 4) is 0 Å². The summed E-state index contributed by atoms with van der Waals surface area (Å²) in [5.41, 5.74) is 0.640. The molecule has 2 nitrogen and oxygen atoms in total. The Kier molecular flexibility index (Phi) is 7.59. The van der Waals surface area contributed by atoms with Gasteiger partial charge in [-0.05, 0) is 0 Å². The van der Waals surface area contributed by atoms with Crippen molar-refractivity contribution in [1.82, 2.24) is 3.45 Å². The molecular formula is C15H39AlN2Sn2. The minimum absolute atomic E-state index is 0.320. The molecular weight excluding hydrogens is 473 g/mol. The van der Waals surface area contributed by atoms with Gasteiger partial charge in [0.05, 0.1) is 0 Å². The summed E-state index contributed by atoms with van der Waals surface area (Å²) in [6.07, 6.45) is 0. The zero-order chi connectivity index (χ0) is 16.7. The number of hydrogen-bond donors (Lipinski definition) is 0. The molecule has 0 N–H and O–H groups in total. The van der Waals surface area contributed by atoms with E-state index < -0.39 is 51.9 Å². The van der Waals surface area contributed by atoms with Crippen molar-refractivity contribution in [2.75, 3.05) is 0 Å². The van der Waals surface area contributed by atoms with Crippen LogP contribution in [-0.2, 0) is 0 Å². The molecule has 0 atom stereocenters. The molecule has 0 unspecified atom stereocenters. The Balaban J connectivity index is 5.99. The van der Waals surface area contributed by atoms with Crippen LogP contribution in [-0.4, -0.2) is 66.5 Å². The minimum atomic E-state index is -2.50. The van der Waals surface area contributed by atoms with Crippen molar-refractivity contribution < 1.29 is 0 Å². The van der Waals surface area contributed by atoms with Crippen molar-refractivity contribution in [3.05, 3.63) is 0 Å². The van der Waals surface area contributed by atoms with E-state index >= 15 is 0 Å². The van der Waals surface area contributed by atoms with Crippen molar-refractivity contribution in [2.24, 2.45) is 0 Å². The van der Waals surface area contributed by atoms with E-state index in [1.54, 1.807) is 0 Å². The molecule has 20 heavy (non-hydrogen) atoms. The van der Waals surface area contributed by atoms with Gasteiger partial charge in [0.1, 0.15) is 0 Å². The zero-order valence-corrected chi connectivity index (χ0v) is 23.3. The van der Waals surface area contributed by atoms with E-state index in [2.05, 4.69) is 81.3 Å². The fourth-order valence-corrected chi connectivity index (χ4v) is 75.5. The van der Waals surface area contributed by atoms with Crippen molar-refractivity contribution in [2.45, 2.75) is 88.9 Å². The predicted octanol–water partition coefficient (Wildman–Crippen LogP) is 4.98. The van der Waals surface area contributed by atoms with Crippen LogP contribution in [0.4, 0.5) is 0 Å². The third-order valence-corrected chi connectivity index (χ3v) is 53.6. The van der Waals surface area contributed by atoms with E-state index in [-0.39, 0.29) is 0 Å². The third-order valence-electron chi connectivity index (χ3n) is 3.72. The summed E-state index contributed by atoms with van der Waals surface area (Å²) < 4.78 is 6.14. The van der Waals surface area contributed by atoms with Crippen molar-refractivity contribution >= 4 is 51.9 Å². The van der Waals surface area contributed by atoms with Crippen LogP contribution < -0.4 is 0 Å². The molecule has 0 rings (SSSR count). The van der Waals surface area contributed by atoms with Gasteiger partial charge in [0.25, 0.3) is 0 Å². The zero-order valence-electron chi connectivity index (χ0n) is 16.5. The Bertz CT molecular complexity index is 308. The van der Waals surface area contributed by atoms with Gasteiger partial charge in [-0.15, -0.1) is 0 Å². The van der Waals surface area contributed by atoms with Gasteiger partial charge in [-0.25, -0.2) is 0 Å². The van der Waals surface area contributed by atoms with Gasteiger partial charge in [-0.2, -0.15) is 0 Å². The van der Waals surface area contributed by atoms with E-state index in [9.17, 15) is 0 Å². The number of rotatable bonds is 4. The number of hydrogen-bond acceptors (Lipinski definition) is 2. The predicted molar refractivity (Wildman–Crippen MR) is 101 cm³/mol. The summed E-state index contributed by atoms with van der Waals surface area (Å²) in [5, 5.41) is 0. The van der Waals surface area contributed by atoms with Crippen LogP contribution in [0.1, 0.15) is 41.5 Å². The van der Waals surface area contributed by atoms with Crippen LogP contribution in [0.15, 0.2) is 0 Å². The van der Waals surface area contributed by atoms with Gasteiger partial charge in [0.15, 0.2) is 0 Å². The van der Waals surface area contributed by atoms with E-state index in [1.165, 1.54) is 0 Å². The monoisotopic (exact) mass is 514 g/mol. The summed E-state index contributed by atoms with van der Waals surface area (Å²) in [5.74, 6) is 5.03. The first-order valence-corrected chi connectivity index (χ1v) is 29.0. The molecule has 0 aliphatic heterocycles. The first-order chi connectivity index (χ1) is 8.43. The molecule has 0 aromatic heterocycles. The second-order valence-electron chi connectivity index (χ2n) is 9.81. The first-order valence-electron chi connectivity index (χ1n) is 8.03. The van der Waals surface area contributed by atoms with Gasteiger partial charge in [0, 0.05) is 0 Å². The van der Waals surface area contributed by atoms with Gasteiger partial charge >= 0.3 is 144 Å². The molecule has 0 saturated carbocycles. The molecule has 120 valence electrons. The molecule has 0 heterocycles. The Morgan fingerprint density at radius 1 is 0.700 bits per heavy atom. The molecule has 5 heteroatoms. The summed E-state index contributed by atoms with van der Waals surface area (Å²) >= 11 is -5.46. The topological polar surface area (TPSA) is 6.48 Å². The van der Waals surface area contributed by atoms with Gasteiger partial charge in [-0.3, -0.25) is 0 Å². The second kappa shape index (κ2) is 6.89. The Hall–Kier alpha value is 2.05. The van der Waals surface area contributed by atoms with E-state index in [1.807, 2.05) is 0 Å². The summed E-state index contributed by atoms with van der Waals surface area (Å²) in [4.78, 5) is 13.1. The fraction of sp³-hybridized carbons (Fsp3) is 1.00. The van der Waals surface area contributed by atoms with E-state index in [4.69, 9.17) is 0 Å². The SMILES string of the molecule is [CH3][Al]([CH3])[N](C(C)(C)C)[Sn]([CH3])([CH3])[N](C(C)(C)C)[Sn]([CH3])([CH3])[CH3]. The maximum atomic E-state index is 3.11. The summed E-state index contributed by atoms with van der Waals surface area (Å²) in [6.45, 7) is 14.6. The average molecular weight is 512 g/mol. The van der Waals surface area contributed by atoms with Gasteiger partial charge in [-0.1, -0.05) is 0 Å². The molecule has 0 radical (unpaired) electrons. The average Bonchev–Trinajstić information content (AvgIpc) is 1.87. The van der Waals surface area contributed by atoms with Crippen LogP contribution in [0.3, 0.4) is 0 Å². The van der Waals surface area contributed by atoms with Gasteiger partial charge < -0.3 is 0 Å². The van der Waals surface area contributed by atoms with Crippen LogP contribution in [0.2, 0.25) is 36.3 Å². The first kappa shape index (κ1) is 22.0. The number of nitrogens with zero attached hydrogens (tertiary/aromatic N) is 2. The molecule has 0 amide bonds. The molecule has 0 fully saturated rings. The Morgan fingerprint density at radius 2 is 1.05 bits per heavy atom. The normalized spacial score (nSPS) is 15.2. The maximum absolute atomic E-state index is 3.11. The van der Waals surface area contributed by atoms with Crippen molar-refractivity contribution in [1.29, 1.82) is 0 Å². The Labute approximate surface area is 143 Å². The molecule has 0 aromatic rings. The van der Waals surface area contributed by atoms with E-state index in [0.717, 1.165) is 0 Å².